The molecule has 130 valence electrons. The molecule has 1 heterocycles. The first-order valence-corrected chi connectivity index (χ1v) is 10.1. The summed E-state index contributed by atoms with van der Waals surface area (Å²) in [6.45, 7) is 17.2. The first-order chi connectivity index (χ1) is 10.6. The van der Waals surface area contributed by atoms with E-state index in [2.05, 4.69) is 37.5 Å². The third-order valence-electron chi connectivity index (χ3n) is 7.23. The first-order valence-electron chi connectivity index (χ1n) is 10.1. The standard InChI is InChI=1S/C20H40N2/c1-5-19(6-2)10-12-20(13-11-19)14-17-22(18-20)16-9-15-21(7-3)8-4/h5-18H2,1-4H3. The molecule has 2 heteroatoms. The fraction of sp³-hybridized carbons (Fsp3) is 1.00. The molecule has 0 atom stereocenters. The second-order valence-corrected chi connectivity index (χ2v) is 8.11. The monoisotopic (exact) mass is 308 g/mol. The Hall–Kier alpha value is -0.0800. The van der Waals surface area contributed by atoms with Crippen molar-refractivity contribution in [3.63, 3.8) is 0 Å². The number of rotatable bonds is 8. The van der Waals surface area contributed by atoms with E-state index in [-0.39, 0.29) is 0 Å². The molecule has 2 aliphatic rings. The Morgan fingerprint density at radius 1 is 0.864 bits per heavy atom. The predicted molar refractivity (Wildman–Crippen MR) is 97.4 cm³/mol. The van der Waals surface area contributed by atoms with Gasteiger partial charge in [0, 0.05) is 6.54 Å². The molecule has 22 heavy (non-hydrogen) atoms. The molecule has 2 nitrogen and oxygen atoms in total. The summed E-state index contributed by atoms with van der Waals surface area (Å²) in [5, 5.41) is 0. The largest absolute Gasteiger partial charge is 0.304 e. The Morgan fingerprint density at radius 3 is 2.05 bits per heavy atom. The van der Waals surface area contributed by atoms with Crippen LogP contribution in [0.25, 0.3) is 0 Å². The Bertz CT molecular complexity index is 308. The van der Waals surface area contributed by atoms with E-state index in [9.17, 15) is 0 Å². The van der Waals surface area contributed by atoms with Crippen molar-refractivity contribution in [3.05, 3.63) is 0 Å². The zero-order valence-electron chi connectivity index (χ0n) is 15.8. The van der Waals surface area contributed by atoms with Crippen LogP contribution < -0.4 is 0 Å². The zero-order chi connectivity index (χ0) is 16.1. The van der Waals surface area contributed by atoms with Crippen LogP contribution in [0, 0.1) is 10.8 Å². The van der Waals surface area contributed by atoms with Gasteiger partial charge in [-0.2, -0.15) is 0 Å². The fourth-order valence-corrected chi connectivity index (χ4v) is 4.95. The molecule has 2 fully saturated rings. The van der Waals surface area contributed by atoms with Crippen molar-refractivity contribution in [1.29, 1.82) is 0 Å². The molecule has 0 amide bonds. The van der Waals surface area contributed by atoms with Crippen LogP contribution in [0.4, 0.5) is 0 Å². The van der Waals surface area contributed by atoms with Gasteiger partial charge in [-0.1, -0.05) is 40.5 Å². The van der Waals surface area contributed by atoms with Gasteiger partial charge >= 0.3 is 0 Å². The Morgan fingerprint density at radius 2 is 1.50 bits per heavy atom. The van der Waals surface area contributed by atoms with Crippen molar-refractivity contribution in [2.24, 2.45) is 10.8 Å². The summed E-state index contributed by atoms with van der Waals surface area (Å²) in [4.78, 5) is 5.33. The molecule has 1 aliphatic heterocycles. The second-order valence-electron chi connectivity index (χ2n) is 8.11. The Kier molecular flexibility index (Phi) is 6.76. The molecule has 0 bridgehead atoms. The second kappa shape index (κ2) is 8.15. The van der Waals surface area contributed by atoms with Crippen LogP contribution in [0.2, 0.25) is 0 Å². The van der Waals surface area contributed by atoms with Gasteiger partial charge in [0.15, 0.2) is 0 Å². The number of hydrogen-bond acceptors (Lipinski definition) is 2. The average Bonchev–Trinajstić information content (AvgIpc) is 2.96. The maximum atomic E-state index is 2.77. The van der Waals surface area contributed by atoms with Gasteiger partial charge in [0.05, 0.1) is 0 Å². The third kappa shape index (κ3) is 4.26. The van der Waals surface area contributed by atoms with Crippen LogP contribution in [0.15, 0.2) is 0 Å². The summed E-state index contributed by atoms with van der Waals surface area (Å²) in [6.07, 6.45) is 11.6. The van der Waals surface area contributed by atoms with Gasteiger partial charge in [-0.05, 0) is 82.1 Å². The average molecular weight is 309 g/mol. The number of nitrogens with zero attached hydrogens (tertiary/aromatic N) is 2. The Labute approximate surface area is 139 Å². The summed E-state index contributed by atoms with van der Waals surface area (Å²) in [5.41, 5.74) is 1.39. The van der Waals surface area contributed by atoms with E-state index in [4.69, 9.17) is 0 Å². The van der Waals surface area contributed by atoms with E-state index < -0.39 is 0 Å². The molecule has 1 aliphatic carbocycles. The van der Waals surface area contributed by atoms with E-state index in [1.165, 1.54) is 90.6 Å². The lowest BCUT2D eigenvalue weighted by atomic mass is 9.61. The maximum Gasteiger partial charge on any atom is 0.00385 e. The van der Waals surface area contributed by atoms with Gasteiger partial charge < -0.3 is 9.80 Å². The predicted octanol–water partition coefficient (Wildman–Crippen LogP) is 4.79. The highest BCUT2D eigenvalue weighted by Crippen LogP contribution is 2.52. The minimum absolute atomic E-state index is 0.696. The molecule has 0 radical (unpaired) electrons. The summed E-state index contributed by atoms with van der Waals surface area (Å²) in [7, 11) is 0. The van der Waals surface area contributed by atoms with Crippen LogP contribution in [0.3, 0.4) is 0 Å². The summed E-state index contributed by atoms with van der Waals surface area (Å²) in [6, 6.07) is 0. The molecule has 0 aromatic rings. The van der Waals surface area contributed by atoms with E-state index in [0.29, 0.717) is 10.8 Å². The summed E-state index contributed by atoms with van der Waals surface area (Å²) in [5.74, 6) is 0. The number of hydrogen-bond donors (Lipinski definition) is 0. The normalized spacial score (nSPS) is 24.4. The zero-order valence-corrected chi connectivity index (χ0v) is 15.8. The highest BCUT2D eigenvalue weighted by atomic mass is 15.2. The van der Waals surface area contributed by atoms with Crippen molar-refractivity contribution in [3.8, 4) is 0 Å². The molecule has 1 spiro atoms. The quantitative estimate of drug-likeness (QED) is 0.636. The SMILES string of the molecule is CCN(CC)CCCN1CCC2(CCC(CC)(CC)CC2)C1. The molecule has 0 unspecified atom stereocenters. The van der Waals surface area contributed by atoms with Crippen LogP contribution in [-0.4, -0.2) is 49.1 Å². The van der Waals surface area contributed by atoms with E-state index >= 15 is 0 Å². The molecule has 2 rings (SSSR count). The van der Waals surface area contributed by atoms with Crippen molar-refractivity contribution < 1.29 is 0 Å². The lowest BCUT2D eigenvalue weighted by molar-refractivity contribution is 0.0733. The van der Waals surface area contributed by atoms with Gasteiger partial charge in [0.25, 0.3) is 0 Å². The summed E-state index contributed by atoms with van der Waals surface area (Å²) < 4.78 is 0. The highest BCUT2D eigenvalue weighted by Gasteiger charge is 2.44. The van der Waals surface area contributed by atoms with Gasteiger partial charge in [0.2, 0.25) is 0 Å². The van der Waals surface area contributed by atoms with Crippen LogP contribution in [0.1, 0.15) is 79.1 Å². The minimum Gasteiger partial charge on any atom is -0.304 e. The first kappa shape index (κ1) is 18.3. The molecule has 0 aromatic carbocycles. The van der Waals surface area contributed by atoms with Crippen molar-refractivity contribution >= 4 is 0 Å². The summed E-state index contributed by atoms with van der Waals surface area (Å²) >= 11 is 0. The van der Waals surface area contributed by atoms with E-state index in [1.807, 2.05) is 0 Å². The molecule has 1 saturated carbocycles. The molecule has 0 N–H and O–H groups in total. The van der Waals surface area contributed by atoms with Crippen molar-refractivity contribution in [1.82, 2.24) is 9.80 Å². The van der Waals surface area contributed by atoms with Crippen molar-refractivity contribution in [2.45, 2.75) is 79.1 Å². The Balaban J connectivity index is 1.74. The van der Waals surface area contributed by atoms with Crippen molar-refractivity contribution in [2.75, 3.05) is 39.3 Å². The van der Waals surface area contributed by atoms with E-state index in [0.717, 1.165) is 0 Å². The molecular weight excluding hydrogens is 268 g/mol. The maximum absolute atomic E-state index is 2.77. The van der Waals surface area contributed by atoms with E-state index in [1.54, 1.807) is 0 Å². The number of likely N-dealkylation sites (tertiary alicyclic amines) is 1. The minimum atomic E-state index is 0.696. The van der Waals surface area contributed by atoms with Crippen LogP contribution in [-0.2, 0) is 0 Å². The molecule has 0 aromatic heterocycles. The van der Waals surface area contributed by atoms with Crippen LogP contribution in [0.5, 0.6) is 0 Å². The lowest BCUT2D eigenvalue weighted by Gasteiger charge is -2.44. The van der Waals surface area contributed by atoms with Gasteiger partial charge in [-0.25, -0.2) is 0 Å². The topological polar surface area (TPSA) is 6.48 Å². The van der Waals surface area contributed by atoms with Crippen LogP contribution >= 0.6 is 0 Å². The molecular formula is C20H40N2. The van der Waals surface area contributed by atoms with Gasteiger partial charge in [-0.3, -0.25) is 0 Å². The fourth-order valence-electron chi connectivity index (χ4n) is 4.95. The van der Waals surface area contributed by atoms with Gasteiger partial charge in [0.1, 0.15) is 0 Å². The smallest absolute Gasteiger partial charge is 0.00385 e. The van der Waals surface area contributed by atoms with Gasteiger partial charge in [-0.15, -0.1) is 0 Å². The highest BCUT2D eigenvalue weighted by molar-refractivity contribution is 4.97. The third-order valence-corrected chi connectivity index (χ3v) is 7.23. The lowest BCUT2D eigenvalue weighted by Crippen LogP contribution is -2.36. The molecule has 1 saturated heterocycles.